The Morgan fingerprint density at radius 2 is 1.95 bits per heavy atom. The largest absolute Gasteiger partial charge is 0.396 e. The second-order valence-electron chi connectivity index (χ2n) is 6.21. The first-order valence-corrected chi connectivity index (χ1v) is 7.89. The summed E-state index contributed by atoms with van der Waals surface area (Å²) in [4.78, 5) is 14.1. The minimum absolute atomic E-state index is 0.0816. The van der Waals surface area contributed by atoms with Gasteiger partial charge in [-0.1, -0.05) is 13.3 Å². The molecule has 2 aliphatic rings. The van der Waals surface area contributed by atoms with Crippen LogP contribution in [-0.2, 0) is 0 Å². The number of urea groups is 1. The standard InChI is InChI=1S/C15H28N2O2/c1-2-12-5-7-14(8-6-12)16-15(19)17-9-3-4-13(10-17)11-18/h12-14,18H,2-11H2,1H3,(H,16,19). The lowest BCUT2D eigenvalue weighted by Gasteiger charge is -2.35. The van der Waals surface area contributed by atoms with Crippen LogP contribution in [0.15, 0.2) is 0 Å². The van der Waals surface area contributed by atoms with Crippen molar-refractivity contribution in [2.75, 3.05) is 19.7 Å². The summed E-state index contributed by atoms with van der Waals surface area (Å²) in [6.45, 7) is 4.01. The van der Waals surface area contributed by atoms with Gasteiger partial charge in [-0.05, 0) is 50.4 Å². The van der Waals surface area contributed by atoms with Crippen molar-refractivity contribution in [3.8, 4) is 0 Å². The van der Waals surface area contributed by atoms with E-state index < -0.39 is 0 Å². The first-order chi connectivity index (χ1) is 9.22. The van der Waals surface area contributed by atoms with Gasteiger partial charge < -0.3 is 15.3 Å². The molecule has 1 saturated carbocycles. The molecule has 1 saturated heterocycles. The Morgan fingerprint density at radius 1 is 1.21 bits per heavy atom. The predicted octanol–water partition coefficient (Wildman–Crippen LogP) is 2.37. The maximum Gasteiger partial charge on any atom is 0.317 e. The van der Waals surface area contributed by atoms with E-state index in [1.807, 2.05) is 4.90 Å². The Kier molecular flexibility index (Phi) is 5.49. The molecule has 0 aromatic rings. The molecule has 4 nitrogen and oxygen atoms in total. The topological polar surface area (TPSA) is 52.6 Å². The second-order valence-corrected chi connectivity index (χ2v) is 6.21. The van der Waals surface area contributed by atoms with Crippen LogP contribution >= 0.6 is 0 Å². The zero-order chi connectivity index (χ0) is 13.7. The molecular weight excluding hydrogens is 240 g/mol. The lowest BCUT2D eigenvalue weighted by atomic mass is 9.84. The average Bonchev–Trinajstić information content (AvgIpc) is 2.48. The van der Waals surface area contributed by atoms with Crippen LogP contribution in [0.4, 0.5) is 4.79 Å². The first kappa shape index (κ1) is 14.6. The molecule has 19 heavy (non-hydrogen) atoms. The van der Waals surface area contributed by atoms with Crippen molar-refractivity contribution in [3.05, 3.63) is 0 Å². The molecule has 0 radical (unpaired) electrons. The third-order valence-electron chi connectivity index (χ3n) is 4.82. The lowest BCUT2D eigenvalue weighted by molar-refractivity contribution is 0.126. The molecule has 110 valence electrons. The molecule has 1 unspecified atom stereocenters. The third kappa shape index (κ3) is 4.10. The number of carbonyl (C=O) groups is 1. The van der Waals surface area contributed by atoms with E-state index in [-0.39, 0.29) is 18.6 Å². The highest BCUT2D eigenvalue weighted by Gasteiger charge is 2.26. The number of amides is 2. The van der Waals surface area contributed by atoms with Gasteiger partial charge in [0.2, 0.25) is 0 Å². The fourth-order valence-corrected chi connectivity index (χ4v) is 3.38. The Hall–Kier alpha value is -0.770. The summed E-state index contributed by atoms with van der Waals surface area (Å²) >= 11 is 0. The molecule has 0 aromatic carbocycles. The highest BCUT2D eigenvalue weighted by atomic mass is 16.3. The van der Waals surface area contributed by atoms with Crippen molar-refractivity contribution in [2.24, 2.45) is 11.8 Å². The number of nitrogens with one attached hydrogen (secondary N) is 1. The van der Waals surface area contributed by atoms with E-state index in [1.165, 1.54) is 19.3 Å². The Morgan fingerprint density at radius 3 is 2.58 bits per heavy atom. The van der Waals surface area contributed by atoms with Crippen molar-refractivity contribution in [2.45, 2.75) is 57.9 Å². The fraction of sp³-hybridized carbons (Fsp3) is 0.933. The molecule has 2 fully saturated rings. The lowest BCUT2D eigenvalue weighted by Crippen LogP contribution is -2.49. The fourth-order valence-electron chi connectivity index (χ4n) is 3.38. The summed E-state index contributed by atoms with van der Waals surface area (Å²) in [6.07, 6.45) is 8.08. The number of carbonyl (C=O) groups excluding carboxylic acids is 1. The summed E-state index contributed by atoms with van der Waals surface area (Å²) in [5.74, 6) is 1.14. The normalized spacial score (nSPS) is 32.1. The second kappa shape index (κ2) is 7.13. The third-order valence-corrected chi connectivity index (χ3v) is 4.82. The molecule has 1 aliphatic carbocycles. The van der Waals surface area contributed by atoms with E-state index in [0.29, 0.717) is 12.6 Å². The molecule has 0 spiro atoms. The summed E-state index contributed by atoms with van der Waals surface area (Å²) in [5, 5.41) is 12.4. The number of piperidine rings is 1. The van der Waals surface area contributed by atoms with Crippen LogP contribution in [0.5, 0.6) is 0 Å². The monoisotopic (exact) mass is 268 g/mol. The van der Waals surface area contributed by atoms with Crippen LogP contribution < -0.4 is 5.32 Å². The zero-order valence-electron chi connectivity index (χ0n) is 12.1. The van der Waals surface area contributed by atoms with E-state index in [0.717, 1.165) is 38.1 Å². The van der Waals surface area contributed by atoms with E-state index in [2.05, 4.69) is 12.2 Å². The number of aliphatic hydroxyl groups excluding tert-OH is 1. The quantitative estimate of drug-likeness (QED) is 0.825. The van der Waals surface area contributed by atoms with Crippen LogP contribution in [0.25, 0.3) is 0 Å². The van der Waals surface area contributed by atoms with Crippen LogP contribution in [-0.4, -0.2) is 41.8 Å². The van der Waals surface area contributed by atoms with Crippen LogP contribution in [0.1, 0.15) is 51.9 Å². The maximum atomic E-state index is 12.2. The molecule has 0 bridgehead atoms. The molecule has 2 amide bonds. The molecule has 0 aromatic heterocycles. The summed E-state index contributed by atoms with van der Waals surface area (Å²) in [7, 11) is 0. The van der Waals surface area contributed by atoms with Gasteiger partial charge in [0.15, 0.2) is 0 Å². The van der Waals surface area contributed by atoms with E-state index in [1.54, 1.807) is 0 Å². The first-order valence-electron chi connectivity index (χ1n) is 7.89. The highest BCUT2D eigenvalue weighted by Crippen LogP contribution is 2.26. The molecule has 2 rings (SSSR count). The van der Waals surface area contributed by atoms with Crippen molar-refractivity contribution >= 4 is 6.03 Å². The number of aliphatic hydroxyl groups is 1. The van der Waals surface area contributed by atoms with Crippen molar-refractivity contribution in [3.63, 3.8) is 0 Å². The van der Waals surface area contributed by atoms with Crippen LogP contribution in [0.2, 0.25) is 0 Å². The van der Waals surface area contributed by atoms with Gasteiger partial charge in [-0.25, -0.2) is 4.79 Å². The Bertz CT molecular complexity index is 288. The van der Waals surface area contributed by atoms with E-state index in [4.69, 9.17) is 0 Å². The van der Waals surface area contributed by atoms with Crippen molar-refractivity contribution < 1.29 is 9.90 Å². The minimum atomic E-state index is 0.0816. The van der Waals surface area contributed by atoms with Gasteiger partial charge in [0.25, 0.3) is 0 Å². The summed E-state index contributed by atoms with van der Waals surface area (Å²) < 4.78 is 0. The van der Waals surface area contributed by atoms with Gasteiger partial charge in [0.05, 0.1) is 0 Å². The number of hydrogen-bond acceptors (Lipinski definition) is 2. The Labute approximate surface area is 116 Å². The van der Waals surface area contributed by atoms with Crippen molar-refractivity contribution in [1.29, 1.82) is 0 Å². The minimum Gasteiger partial charge on any atom is -0.396 e. The summed E-state index contributed by atoms with van der Waals surface area (Å²) in [6, 6.07) is 0.447. The molecule has 1 aliphatic heterocycles. The smallest absolute Gasteiger partial charge is 0.317 e. The average molecular weight is 268 g/mol. The number of nitrogens with zero attached hydrogens (tertiary/aromatic N) is 1. The molecular formula is C15H28N2O2. The molecule has 1 atom stereocenters. The number of hydrogen-bond donors (Lipinski definition) is 2. The molecule has 1 heterocycles. The van der Waals surface area contributed by atoms with Gasteiger partial charge >= 0.3 is 6.03 Å². The predicted molar refractivity (Wildman–Crippen MR) is 76.0 cm³/mol. The van der Waals surface area contributed by atoms with E-state index >= 15 is 0 Å². The van der Waals surface area contributed by atoms with Gasteiger partial charge in [-0.3, -0.25) is 0 Å². The number of likely N-dealkylation sites (tertiary alicyclic amines) is 1. The van der Waals surface area contributed by atoms with Gasteiger partial charge in [-0.15, -0.1) is 0 Å². The van der Waals surface area contributed by atoms with Crippen molar-refractivity contribution in [1.82, 2.24) is 10.2 Å². The SMILES string of the molecule is CCC1CCC(NC(=O)N2CCCC(CO)C2)CC1. The molecule has 4 heteroatoms. The maximum absolute atomic E-state index is 12.2. The summed E-state index contributed by atoms with van der Waals surface area (Å²) in [5.41, 5.74) is 0. The Balaban J connectivity index is 1.75. The van der Waals surface area contributed by atoms with Gasteiger partial charge in [0, 0.05) is 25.7 Å². The van der Waals surface area contributed by atoms with E-state index in [9.17, 15) is 9.90 Å². The molecule has 2 N–H and O–H groups in total. The van der Waals surface area contributed by atoms with Crippen LogP contribution in [0, 0.1) is 11.8 Å². The van der Waals surface area contributed by atoms with Crippen LogP contribution in [0.3, 0.4) is 0 Å². The number of rotatable bonds is 3. The van der Waals surface area contributed by atoms with Gasteiger partial charge in [-0.2, -0.15) is 0 Å². The van der Waals surface area contributed by atoms with Gasteiger partial charge in [0.1, 0.15) is 0 Å². The highest BCUT2D eigenvalue weighted by molar-refractivity contribution is 5.74. The zero-order valence-corrected chi connectivity index (χ0v) is 12.1.